The van der Waals surface area contributed by atoms with Crippen molar-refractivity contribution in [3.63, 3.8) is 0 Å². The number of hydrogen-bond acceptors (Lipinski definition) is 3. The van der Waals surface area contributed by atoms with Crippen LogP contribution in [0.4, 0.5) is 0 Å². The summed E-state index contributed by atoms with van der Waals surface area (Å²) in [6, 6.07) is 10.2. The SMILES string of the molecule is CCOCCC(=O)N(CCN)CCc1ccccc1.Cl. The molecule has 4 nitrogen and oxygen atoms in total. The van der Waals surface area contributed by atoms with Crippen molar-refractivity contribution in [3.05, 3.63) is 35.9 Å². The topological polar surface area (TPSA) is 55.6 Å². The van der Waals surface area contributed by atoms with Gasteiger partial charge in [0.2, 0.25) is 5.91 Å². The molecule has 0 aliphatic carbocycles. The van der Waals surface area contributed by atoms with E-state index in [1.165, 1.54) is 5.56 Å². The fourth-order valence-electron chi connectivity index (χ4n) is 1.89. The number of rotatable bonds is 9. The highest BCUT2D eigenvalue weighted by atomic mass is 35.5. The average Bonchev–Trinajstić information content (AvgIpc) is 2.44. The normalized spacial score (nSPS) is 9.90. The summed E-state index contributed by atoms with van der Waals surface area (Å²) in [6.07, 6.45) is 1.30. The Morgan fingerprint density at radius 1 is 1.25 bits per heavy atom. The minimum atomic E-state index is 0. The number of halogens is 1. The van der Waals surface area contributed by atoms with Crippen LogP contribution < -0.4 is 5.73 Å². The van der Waals surface area contributed by atoms with Crippen molar-refractivity contribution >= 4 is 18.3 Å². The second kappa shape index (κ2) is 11.7. The number of nitrogens with zero attached hydrogens (tertiary/aromatic N) is 1. The summed E-state index contributed by atoms with van der Waals surface area (Å²) in [4.78, 5) is 13.8. The molecule has 0 heterocycles. The van der Waals surface area contributed by atoms with Crippen LogP contribution in [-0.4, -0.2) is 43.7 Å². The molecule has 0 radical (unpaired) electrons. The van der Waals surface area contributed by atoms with E-state index in [0.717, 1.165) is 6.42 Å². The highest BCUT2D eigenvalue weighted by Crippen LogP contribution is 2.03. The van der Waals surface area contributed by atoms with E-state index in [-0.39, 0.29) is 18.3 Å². The Morgan fingerprint density at radius 3 is 2.55 bits per heavy atom. The van der Waals surface area contributed by atoms with Gasteiger partial charge < -0.3 is 15.4 Å². The predicted octanol–water partition coefficient (Wildman–Crippen LogP) is 1.86. The van der Waals surface area contributed by atoms with Crippen molar-refractivity contribution in [1.29, 1.82) is 0 Å². The zero-order chi connectivity index (χ0) is 13.9. The smallest absolute Gasteiger partial charge is 0.224 e. The molecule has 2 N–H and O–H groups in total. The van der Waals surface area contributed by atoms with E-state index in [2.05, 4.69) is 12.1 Å². The van der Waals surface area contributed by atoms with Crippen molar-refractivity contribution in [1.82, 2.24) is 4.90 Å². The maximum Gasteiger partial charge on any atom is 0.224 e. The molecule has 0 bridgehead atoms. The molecule has 1 rings (SSSR count). The summed E-state index contributed by atoms with van der Waals surface area (Å²) in [5.74, 6) is 0.120. The molecule has 0 fully saturated rings. The first kappa shape index (κ1) is 18.9. The maximum atomic E-state index is 12.0. The highest BCUT2D eigenvalue weighted by Gasteiger charge is 2.12. The molecule has 1 aromatic rings. The molecule has 0 unspecified atom stereocenters. The van der Waals surface area contributed by atoms with Crippen LogP contribution >= 0.6 is 12.4 Å². The first-order valence-corrected chi connectivity index (χ1v) is 6.87. The first-order valence-electron chi connectivity index (χ1n) is 6.87. The van der Waals surface area contributed by atoms with E-state index < -0.39 is 0 Å². The van der Waals surface area contributed by atoms with Gasteiger partial charge in [-0.3, -0.25) is 4.79 Å². The molecule has 20 heavy (non-hydrogen) atoms. The zero-order valence-electron chi connectivity index (χ0n) is 12.1. The van der Waals surface area contributed by atoms with Crippen LogP contribution in [-0.2, 0) is 16.0 Å². The summed E-state index contributed by atoms with van der Waals surface area (Å²) < 4.78 is 5.22. The molecule has 0 aliphatic heterocycles. The summed E-state index contributed by atoms with van der Waals surface area (Å²) >= 11 is 0. The number of ether oxygens (including phenoxy) is 1. The summed E-state index contributed by atoms with van der Waals surface area (Å²) in [7, 11) is 0. The van der Waals surface area contributed by atoms with Crippen LogP contribution in [0.5, 0.6) is 0 Å². The first-order chi connectivity index (χ1) is 9.27. The van der Waals surface area contributed by atoms with E-state index in [1.807, 2.05) is 30.0 Å². The summed E-state index contributed by atoms with van der Waals surface area (Å²) in [5, 5.41) is 0. The van der Waals surface area contributed by atoms with E-state index in [4.69, 9.17) is 10.5 Å². The van der Waals surface area contributed by atoms with Crippen molar-refractivity contribution in [3.8, 4) is 0 Å². The fraction of sp³-hybridized carbons (Fsp3) is 0.533. The second-order valence-corrected chi connectivity index (χ2v) is 4.35. The van der Waals surface area contributed by atoms with Crippen molar-refractivity contribution in [2.24, 2.45) is 5.73 Å². The molecule has 0 saturated heterocycles. The fourth-order valence-corrected chi connectivity index (χ4v) is 1.89. The van der Waals surface area contributed by atoms with Gasteiger partial charge >= 0.3 is 0 Å². The maximum absolute atomic E-state index is 12.0. The quantitative estimate of drug-likeness (QED) is 0.708. The van der Waals surface area contributed by atoms with Gasteiger partial charge in [-0.25, -0.2) is 0 Å². The van der Waals surface area contributed by atoms with Crippen molar-refractivity contribution in [2.45, 2.75) is 19.8 Å². The number of amides is 1. The third-order valence-electron chi connectivity index (χ3n) is 2.93. The summed E-state index contributed by atoms with van der Waals surface area (Å²) in [6.45, 7) is 4.88. The molecule has 114 valence electrons. The van der Waals surface area contributed by atoms with E-state index in [0.29, 0.717) is 39.3 Å². The minimum absolute atomic E-state index is 0. The highest BCUT2D eigenvalue weighted by molar-refractivity contribution is 5.85. The van der Waals surface area contributed by atoms with Crippen LogP contribution in [0.25, 0.3) is 0 Å². The van der Waals surface area contributed by atoms with Gasteiger partial charge in [0.1, 0.15) is 0 Å². The van der Waals surface area contributed by atoms with Crippen LogP contribution in [0.3, 0.4) is 0 Å². The van der Waals surface area contributed by atoms with Gasteiger partial charge in [-0.05, 0) is 18.9 Å². The van der Waals surface area contributed by atoms with Crippen LogP contribution in [0.2, 0.25) is 0 Å². The Morgan fingerprint density at radius 2 is 1.95 bits per heavy atom. The van der Waals surface area contributed by atoms with Crippen molar-refractivity contribution < 1.29 is 9.53 Å². The molecule has 0 aliphatic rings. The molecular formula is C15H25ClN2O2. The molecule has 0 aromatic heterocycles. The van der Waals surface area contributed by atoms with Crippen molar-refractivity contribution in [2.75, 3.05) is 32.8 Å². The van der Waals surface area contributed by atoms with Gasteiger partial charge in [-0.1, -0.05) is 30.3 Å². The Balaban J connectivity index is 0.00000361. The minimum Gasteiger partial charge on any atom is -0.381 e. The second-order valence-electron chi connectivity index (χ2n) is 4.35. The number of carbonyl (C=O) groups is 1. The Labute approximate surface area is 127 Å². The lowest BCUT2D eigenvalue weighted by molar-refractivity contribution is -0.132. The third-order valence-corrected chi connectivity index (χ3v) is 2.93. The van der Waals surface area contributed by atoms with Gasteiger partial charge in [-0.2, -0.15) is 0 Å². The standard InChI is InChI=1S/C15H24N2O2.ClH/c1-2-19-13-9-15(18)17(12-10-16)11-8-14-6-4-3-5-7-14;/h3-7H,2,8-13,16H2,1H3;1H. The molecule has 0 spiro atoms. The Kier molecular flexibility index (Phi) is 11.1. The average molecular weight is 301 g/mol. The van der Waals surface area contributed by atoms with Gasteiger partial charge in [0.25, 0.3) is 0 Å². The molecular weight excluding hydrogens is 276 g/mol. The molecule has 0 saturated carbocycles. The Bertz CT molecular complexity index is 360. The monoisotopic (exact) mass is 300 g/mol. The number of nitrogens with two attached hydrogens (primary N) is 1. The molecule has 1 aromatic carbocycles. The summed E-state index contributed by atoms with van der Waals surface area (Å²) in [5.41, 5.74) is 6.80. The number of hydrogen-bond donors (Lipinski definition) is 1. The van der Waals surface area contributed by atoms with Gasteiger partial charge in [0.15, 0.2) is 0 Å². The van der Waals surface area contributed by atoms with Gasteiger partial charge in [0.05, 0.1) is 13.0 Å². The lowest BCUT2D eigenvalue weighted by Crippen LogP contribution is -2.37. The Hall–Kier alpha value is -1.10. The number of carbonyl (C=O) groups excluding carboxylic acids is 1. The predicted molar refractivity (Wildman–Crippen MR) is 84.1 cm³/mol. The third kappa shape index (κ3) is 7.48. The van der Waals surface area contributed by atoms with Gasteiger partial charge in [-0.15, -0.1) is 12.4 Å². The van der Waals surface area contributed by atoms with Crippen LogP contribution in [0, 0.1) is 0 Å². The molecule has 1 amide bonds. The zero-order valence-corrected chi connectivity index (χ0v) is 12.9. The van der Waals surface area contributed by atoms with Crippen LogP contribution in [0.1, 0.15) is 18.9 Å². The van der Waals surface area contributed by atoms with Gasteiger partial charge in [0, 0.05) is 26.2 Å². The number of benzene rings is 1. The molecule has 0 atom stereocenters. The van der Waals surface area contributed by atoms with E-state index in [9.17, 15) is 4.79 Å². The molecule has 5 heteroatoms. The largest absolute Gasteiger partial charge is 0.381 e. The van der Waals surface area contributed by atoms with E-state index >= 15 is 0 Å². The lowest BCUT2D eigenvalue weighted by atomic mass is 10.1. The van der Waals surface area contributed by atoms with Crippen LogP contribution in [0.15, 0.2) is 30.3 Å². The lowest BCUT2D eigenvalue weighted by Gasteiger charge is -2.22. The van der Waals surface area contributed by atoms with E-state index in [1.54, 1.807) is 0 Å².